The summed E-state index contributed by atoms with van der Waals surface area (Å²) in [6.45, 7) is 5.90. The molecule has 1 aromatic heterocycles. The number of thioether (sulfide) groups is 1. The maximum Gasteiger partial charge on any atom is 0.166 e. The van der Waals surface area contributed by atoms with Gasteiger partial charge in [-0.05, 0) is 32.4 Å². The number of aromatic nitrogens is 2. The van der Waals surface area contributed by atoms with E-state index in [-0.39, 0.29) is 6.10 Å². The van der Waals surface area contributed by atoms with Crippen LogP contribution in [0.1, 0.15) is 20.3 Å². The number of nitrogens with one attached hydrogen (secondary N) is 1. The summed E-state index contributed by atoms with van der Waals surface area (Å²) in [4.78, 5) is 7.88. The van der Waals surface area contributed by atoms with Crippen LogP contribution < -0.4 is 10.5 Å². The normalized spacial score (nSPS) is 12.7. The van der Waals surface area contributed by atoms with Gasteiger partial charge in [0.05, 0.1) is 23.7 Å². The number of benzene rings is 1. The van der Waals surface area contributed by atoms with Crippen molar-refractivity contribution in [1.82, 2.24) is 9.97 Å². The molecule has 0 bridgehead atoms. The lowest BCUT2D eigenvalue weighted by molar-refractivity contribution is 0.0674. The van der Waals surface area contributed by atoms with E-state index in [1.54, 1.807) is 11.8 Å². The van der Waals surface area contributed by atoms with Crippen LogP contribution in [0.15, 0.2) is 23.4 Å². The van der Waals surface area contributed by atoms with Crippen LogP contribution in [-0.2, 0) is 4.74 Å². The molecule has 5 nitrogen and oxygen atoms in total. The van der Waals surface area contributed by atoms with Crippen molar-refractivity contribution in [3.63, 3.8) is 0 Å². The fourth-order valence-electron chi connectivity index (χ4n) is 2.08. The van der Waals surface area contributed by atoms with E-state index in [0.717, 1.165) is 34.1 Å². The average molecular weight is 309 g/mol. The molecule has 0 aliphatic rings. The van der Waals surface area contributed by atoms with E-state index >= 15 is 0 Å². The molecule has 2 rings (SSSR count). The SMILES string of the molecule is CCOc1ccc2nc(SCCC(CN)OCC)[nH]c2c1. The second-order valence-electron chi connectivity index (χ2n) is 4.60. The first kappa shape index (κ1) is 16.1. The monoisotopic (exact) mass is 309 g/mol. The maximum absolute atomic E-state index is 5.67. The highest BCUT2D eigenvalue weighted by Gasteiger charge is 2.08. The van der Waals surface area contributed by atoms with Gasteiger partial charge in [0.2, 0.25) is 0 Å². The summed E-state index contributed by atoms with van der Waals surface area (Å²) in [6.07, 6.45) is 1.06. The van der Waals surface area contributed by atoms with Crippen LogP contribution in [0.4, 0.5) is 0 Å². The second kappa shape index (κ2) is 8.26. The van der Waals surface area contributed by atoms with Gasteiger partial charge < -0.3 is 20.2 Å². The first-order valence-corrected chi connectivity index (χ1v) is 8.32. The van der Waals surface area contributed by atoms with Crippen molar-refractivity contribution >= 4 is 22.8 Å². The van der Waals surface area contributed by atoms with Gasteiger partial charge in [0, 0.05) is 25.0 Å². The standard InChI is InChI=1S/C15H23N3O2S/c1-3-19-11-5-6-13-14(9-11)18-15(17-13)21-8-7-12(10-16)20-4-2/h5-6,9,12H,3-4,7-8,10,16H2,1-2H3,(H,17,18). The van der Waals surface area contributed by atoms with Crippen molar-refractivity contribution in [2.24, 2.45) is 5.73 Å². The van der Waals surface area contributed by atoms with Crippen molar-refractivity contribution in [2.45, 2.75) is 31.5 Å². The van der Waals surface area contributed by atoms with Gasteiger partial charge in [-0.2, -0.15) is 0 Å². The minimum atomic E-state index is 0.136. The molecular weight excluding hydrogens is 286 g/mol. The Morgan fingerprint density at radius 2 is 2.19 bits per heavy atom. The molecule has 0 aliphatic heterocycles. The number of aromatic amines is 1. The number of nitrogens with zero attached hydrogens (tertiary/aromatic N) is 1. The van der Waals surface area contributed by atoms with Gasteiger partial charge in [-0.1, -0.05) is 11.8 Å². The van der Waals surface area contributed by atoms with Crippen LogP contribution in [0, 0.1) is 0 Å². The molecule has 1 heterocycles. The quantitative estimate of drug-likeness (QED) is 0.697. The molecule has 0 saturated heterocycles. The summed E-state index contributed by atoms with van der Waals surface area (Å²) in [5.41, 5.74) is 7.64. The predicted molar refractivity (Wildman–Crippen MR) is 87.1 cm³/mol. The zero-order valence-electron chi connectivity index (χ0n) is 12.6. The Labute approximate surface area is 129 Å². The molecule has 21 heavy (non-hydrogen) atoms. The van der Waals surface area contributed by atoms with Crippen LogP contribution >= 0.6 is 11.8 Å². The summed E-state index contributed by atoms with van der Waals surface area (Å²) in [5, 5.41) is 0.922. The number of fused-ring (bicyclic) bond motifs is 1. The predicted octanol–water partition coefficient (Wildman–Crippen LogP) is 2.81. The lowest BCUT2D eigenvalue weighted by Crippen LogP contribution is -2.24. The van der Waals surface area contributed by atoms with Gasteiger partial charge in [-0.25, -0.2) is 4.98 Å². The van der Waals surface area contributed by atoms with Gasteiger partial charge >= 0.3 is 0 Å². The first-order valence-electron chi connectivity index (χ1n) is 7.33. The summed E-state index contributed by atoms with van der Waals surface area (Å²) in [5.74, 6) is 1.80. The van der Waals surface area contributed by atoms with Gasteiger partial charge in [-0.3, -0.25) is 0 Å². The number of nitrogens with two attached hydrogens (primary N) is 1. The molecule has 0 amide bonds. The van der Waals surface area contributed by atoms with Crippen LogP contribution in [-0.4, -0.2) is 41.6 Å². The maximum atomic E-state index is 5.67. The van der Waals surface area contributed by atoms with E-state index in [0.29, 0.717) is 19.8 Å². The number of hydrogen-bond acceptors (Lipinski definition) is 5. The molecule has 0 spiro atoms. The van der Waals surface area contributed by atoms with Gasteiger partial charge in [0.15, 0.2) is 5.16 Å². The summed E-state index contributed by atoms with van der Waals surface area (Å²) in [7, 11) is 0. The molecule has 0 radical (unpaired) electrons. The van der Waals surface area contributed by atoms with E-state index in [2.05, 4.69) is 9.97 Å². The first-order chi connectivity index (χ1) is 10.3. The Balaban J connectivity index is 1.93. The van der Waals surface area contributed by atoms with E-state index in [4.69, 9.17) is 15.2 Å². The molecule has 116 valence electrons. The molecule has 3 N–H and O–H groups in total. The van der Waals surface area contributed by atoms with E-state index in [1.807, 2.05) is 32.0 Å². The van der Waals surface area contributed by atoms with Crippen LogP contribution in [0.25, 0.3) is 11.0 Å². The Morgan fingerprint density at radius 1 is 1.33 bits per heavy atom. The van der Waals surface area contributed by atoms with Crippen molar-refractivity contribution in [3.05, 3.63) is 18.2 Å². The number of imidazole rings is 1. The van der Waals surface area contributed by atoms with Crippen LogP contribution in [0.3, 0.4) is 0 Å². The summed E-state index contributed by atoms with van der Waals surface area (Å²) in [6, 6.07) is 5.91. The largest absolute Gasteiger partial charge is 0.494 e. The van der Waals surface area contributed by atoms with Crippen molar-refractivity contribution in [3.8, 4) is 5.75 Å². The van der Waals surface area contributed by atoms with E-state index in [1.165, 1.54) is 0 Å². The van der Waals surface area contributed by atoms with Crippen molar-refractivity contribution in [2.75, 3.05) is 25.5 Å². The molecule has 1 atom stereocenters. The third kappa shape index (κ3) is 4.62. The third-order valence-electron chi connectivity index (χ3n) is 3.09. The number of rotatable bonds is 9. The Kier molecular flexibility index (Phi) is 6.35. The molecule has 2 aromatic rings. The smallest absolute Gasteiger partial charge is 0.166 e. The molecule has 1 aromatic carbocycles. The summed E-state index contributed by atoms with van der Waals surface area (Å²) >= 11 is 1.69. The van der Waals surface area contributed by atoms with Gasteiger partial charge in [-0.15, -0.1) is 0 Å². The lowest BCUT2D eigenvalue weighted by atomic mass is 10.3. The minimum absolute atomic E-state index is 0.136. The van der Waals surface area contributed by atoms with Gasteiger partial charge in [0.1, 0.15) is 5.75 Å². The minimum Gasteiger partial charge on any atom is -0.494 e. The highest BCUT2D eigenvalue weighted by molar-refractivity contribution is 7.99. The molecule has 0 aliphatic carbocycles. The topological polar surface area (TPSA) is 73.2 Å². The van der Waals surface area contributed by atoms with Crippen molar-refractivity contribution < 1.29 is 9.47 Å². The summed E-state index contributed by atoms with van der Waals surface area (Å²) < 4.78 is 11.0. The molecule has 1 unspecified atom stereocenters. The fraction of sp³-hybridized carbons (Fsp3) is 0.533. The highest BCUT2D eigenvalue weighted by atomic mass is 32.2. The molecule has 6 heteroatoms. The fourth-order valence-corrected chi connectivity index (χ4v) is 3.00. The highest BCUT2D eigenvalue weighted by Crippen LogP contribution is 2.24. The zero-order valence-corrected chi connectivity index (χ0v) is 13.4. The van der Waals surface area contributed by atoms with Crippen molar-refractivity contribution in [1.29, 1.82) is 0 Å². The number of H-pyrrole nitrogens is 1. The van der Waals surface area contributed by atoms with Crippen LogP contribution in [0.2, 0.25) is 0 Å². The van der Waals surface area contributed by atoms with E-state index in [9.17, 15) is 0 Å². The average Bonchev–Trinajstić information content (AvgIpc) is 2.88. The lowest BCUT2D eigenvalue weighted by Gasteiger charge is -2.13. The Hall–Kier alpha value is -1.24. The molecule has 0 fully saturated rings. The zero-order chi connectivity index (χ0) is 15.1. The molecule has 0 saturated carbocycles. The Morgan fingerprint density at radius 3 is 2.90 bits per heavy atom. The van der Waals surface area contributed by atoms with Gasteiger partial charge in [0.25, 0.3) is 0 Å². The number of ether oxygens (including phenoxy) is 2. The Bertz CT molecular complexity index is 559. The third-order valence-corrected chi connectivity index (χ3v) is 3.99. The van der Waals surface area contributed by atoms with Crippen LogP contribution in [0.5, 0.6) is 5.75 Å². The number of hydrogen-bond donors (Lipinski definition) is 2. The second-order valence-corrected chi connectivity index (χ2v) is 5.69. The van der Waals surface area contributed by atoms with E-state index < -0.39 is 0 Å². The molecular formula is C15H23N3O2S.